The van der Waals surface area contributed by atoms with Gasteiger partial charge in [-0.15, -0.1) is 0 Å². The number of nitrogens with one attached hydrogen (secondary N) is 1. The monoisotopic (exact) mass is 304 g/mol. The molecule has 0 atom stereocenters. The van der Waals surface area contributed by atoms with Crippen LogP contribution in [0.25, 0.3) is 11.1 Å². The normalized spacial score (nSPS) is 14.5. The number of amides is 1. The van der Waals surface area contributed by atoms with Crippen molar-refractivity contribution in [1.29, 1.82) is 0 Å². The highest BCUT2D eigenvalue weighted by Gasteiger charge is 2.15. The molecule has 112 valence electrons. The van der Waals surface area contributed by atoms with Crippen LogP contribution in [0.5, 0.6) is 0 Å². The van der Waals surface area contributed by atoms with Gasteiger partial charge in [-0.25, -0.2) is 18.6 Å². The van der Waals surface area contributed by atoms with Gasteiger partial charge in [0, 0.05) is 24.0 Å². The Bertz CT molecular complexity index is 787. The molecule has 1 amide bonds. The number of halogens is 3. The summed E-state index contributed by atoms with van der Waals surface area (Å²) in [5.74, 6) is -2.75. The number of carbonyl (C=O) groups excluding carboxylic acids is 1. The quantitative estimate of drug-likeness (QED) is 0.908. The van der Waals surface area contributed by atoms with E-state index in [2.05, 4.69) is 10.5 Å². The third-order valence-corrected chi connectivity index (χ3v) is 3.44. The second-order valence-corrected chi connectivity index (χ2v) is 4.92. The second kappa shape index (κ2) is 5.63. The first-order valence-corrected chi connectivity index (χ1v) is 6.65. The molecule has 1 heterocycles. The Labute approximate surface area is 124 Å². The summed E-state index contributed by atoms with van der Waals surface area (Å²) in [5.41, 5.74) is 3.89. The van der Waals surface area contributed by atoms with E-state index in [1.165, 1.54) is 18.2 Å². The zero-order chi connectivity index (χ0) is 15.7. The van der Waals surface area contributed by atoms with Crippen molar-refractivity contribution in [2.45, 2.75) is 12.8 Å². The van der Waals surface area contributed by atoms with Crippen LogP contribution in [0, 0.1) is 17.5 Å². The highest BCUT2D eigenvalue weighted by atomic mass is 19.2. The van der Waals surface area contributed by atoms with E-state index in [4.69, 9.17) is 0 Å². The van der Waals surface area contributed by atoms with Gasteiger partial charge in [0.2, 0.25) is 5.91 Å². The van der Waals surface area contributed by atoms with Gasteiger partial charge in [0.05, 0.1) is 5.71 Å². The standard InChI is InChI=1S/C16H11F3N2O/c17-12-4-2-9(7-14(12)19)11-3-1-10(8-13(11)18)15-5-6-16(22)21-20-15/h1-4,7-8H,5-6H2,(H,21,22). The summed E-state index contributed by atoms with van der Waals surface area (Å²) < 4.78 is 40.4. The van der Waals surface area contributed by atoms with E-state index in [-0.39, 0.29) is 17.0 Å². The number of rotatable bonds is 2. The molecular formula is C16H11F3N2O. The number of hydrogen-bond donors (Lipinski definition) is 1. The van der Waals surface area contributed by atoms with Gasteiger partial charge in [-0.05, 0) is 23.8 Å². The average molecular weight is 304 g/mol. The minimum absolute atomic E-state index is 0.170. The molecule has 3 nitrogen and oxygen atoms in total. The first-order chi connectivity index (χ1) is 10.5. The van der Waals surface area contributed by atoms with Crippen molar-refractivity contribution in [1.82, 2.24) is 5.43 Å². The van der Waals surface area contributed by atoms with Crippen LogP contribution in [0.15, 0.2) is 41.5 Å². The average Bonchev–Trinajstić information content (AvgIpc) is 2.51. The Morgan fingerprint density at radius 2 is 1.59 bits per heavy atom. The Balaban J connectivity index is 1.95. The maximum Gasteiger partial charge on any atom is 0.240 e. The molecule has 6 heteroatoms. The van der Waals surface area contributed by atoms with Crippen molar-refractivity contribution in [2.75, 3.05) is 0 Å². The molecule has 0 spiro atoms. The van der Waals surface area contributed by atoms with Crippen molar-refractivity contribution in [3.63, 3.8) is 0 Å². The van der Waals surface area contributed by atoms with Gasteiger partial charge >= 0.3 is 0 Å². The minimum atomic E-state index is -1.03. The number of hydrogen-bond acceptors (Lipinski definition) is 2. The zero-order valence-electron chi connectivity index (χ0n) is 11.4. The summed E-state index contributed by atoms with van der Waals surface area (Å²) in [6.45, 7) is 0. The molecule has 1 aliphatic rings. The summed E-state index contributed by atoms with van der Waals surface area (Å²) >= 11 is 0. The molecule has 2 aromatic rings. The van der Waals surface area contributed by atoms with Crippen molar-refractivity contribution in [3.8, 4) is 11.1 Å². The van der Waals surface area contributed by atoms with Crippen molar-refractivity contribution < 1.29 is 18.0 Å². The summed E-state index contributed by atoms with van der Waals surface area (Å²) in [4.78, 5) is 11.0. The lowest BCUT2D eigenvalue weighted by molar-refractivity contribution is -0.121. The van der Waals surface area contributed by atoms with Crippen LogP contribution in [0.3, 0.4) is 0 Å². The number of carbonyl (C=O) groups is 1. The van der Waals surface area contributed by atoms with Gasteiger partial charge in [0.15, 0.2) is 11.6 Å². The molecule has 3 rings (SSSR count). The molecule has 22 heavy (non-hydrogen) atoms. The van der Waals surface area contributed by atoms with Gasteiger partial charge in [0.25, 0.3) is 0 Å². The first kappa shape index (κ1) is 14.3. The van der Waals surface area contributed by atoms with Crippen LogP contribution in [-0.2, 0) is 4.79 Å². The smallest absolute Gasteiger partial charge is 0.240 e. The van der Waals surface area contributed by atoms with Gasteiger partial charge < -0.3 is 0 Å². The largest absolute Gasteiger partial charge is 0.273 e. The van der Waals surface area contributed by atoms with E-state index in [9.17, 15) is 18.0 Å². The summed E-state index contributed by atoms with van der Waals surface area (Å²) in [7, 11) is 0. The number of benzene rings is 2. The molecule has 0 fully saturated rings. The van der Waals surface area contributed by atoms with Crippen LogP contribution in [0.2, 0.25) is 0 Å². The Morgan fingerprint density at radius 1 is 0.864 bits per heavy atom. The molecule has 0 aromatic heterocycles. The van der Waals surface area contributed by atoms with Gasteiger partial charge in [-0.1, -0.05) is 18.2 Å². The fourth-order valence-corrected chi connectivity index (χ4v) is 2.27. The fraction of sp³-hybridized carbons (Fsp3) is 0.125. The van der Waals surface area contributed by atoms with E-state index < -0.39 is 17.5 Å². The maximum atomic E-state index is 14.2. The molecule has 0 unspecified atom stereocenters. The number of hydrazone groups is 1. The number of nitrogens with zero attached hydrogens (tertiary/aromatic N) is 1. The van der Waals surface area contributed by atoms with Gasteiger partial charge in [-0.2, -0.15) is 5.10 Å². The molecule has 0 saturated carbocycles. The third-order valence-electron chi connectivity index (χ3n) is 3.44. The fourth-order valence-electron chi connectivity index (χ4n) is 2.27. The van der Waals surface area contributed by atoms with Gasteiger partial charge in [-0.3, -0.25) is 4.79 Å². The maximum absolute atomic E-state index is 14.2. The summed E-state index contributed by atoms with van der Waals surface area (Å²) in [6.07, 6.45) is 0.723. The minimum Gasteiger partial charge on any atom is -0.273 e. The van der Waals surface area contributed by atoms with E-state index in [1.807, 2.05) is 0 Å². The summed E-state index contributed by atoms with van der Waals surface area (Å²) in [6, 6.07) is 7.61. The van der Waals surface area contributed by atoms with E-state index >= 15 is 0 Å². The highest BCUT2D eigenvalue weighted by molar-refractivity contribution is 6.04. The zero-order valence-corrected chi connectivity index (χ0v) is 11.4. The third kappa shape index (κ3) is 2.72. The van der Waals surface area contributed by atoms with Crippen molar-refractivity contribution >= 4 is 11.6 Å². The molecule has 0 aliphatic carbocycles. The lowest BCUT2D eigenvalue weighted by Gasteiger charge is -2.13. The predicted molar refractivity (Wildman–Crippen MR) is 75.7 cm³/mol. The molecular weight excluding hydrogens is 293 g/mol. The predicted octanol–water partition coefficient (Wildman–Crippen LogP) is 3.39. The van der Waals surface area contributed by atoms with Crippen LogP contribution in [0.4, 0.5) is 13.2 Å². The molecule has 1 aliphatic heterocycles. The SMILES string of the molecule is O=C1CCC(c2ccc(-c3ccc(F)c(F)c3)c(F)c2)=NN1. The van der Waals surface area contributed by atoms with Crippen molar-refractivity contribution in [3.05, 3.63) is 59.4 Å². The van der Waals surface area contributed by atoms with Crippen LogP contribution in [-0.4, -0.2) is 11.6 Å². The van der Waals surface area contributed by atoms with Crippen LogP contribution >= 0.6 is 0 Å². The Kier molecular flexibility index (Phi) is 3.66. The topological polar surface area (TPSA) is 41.5 Å². The molecule has 0 bridgehead atoms. The Morgan fingerprint density at radius 3 is 2.23 bits per heavy atom. The lowest BCUT2D eigenvalue weighted by Crippen LogP contribution is -2.25. The van der Waals surface area contributed by atoms with Crippen LogP contribution in [0.1, 0.15) is 18.4 Å². The van der Waals surface area contributed by atoms with E-state index in [1.54, 1.807) is 6.07 Å². The summed E-state index contributed by atoms with van der Waals surface area (Å²) in [5, 5.41) is 3.89. The Hall–Kier alpha value is -2.63. The molecule has 1 N–H and O–H groups in total. The molecule has 2 aromatic carbocycles. The van der Waals surface area contributed by atoms with E-state index in [0.717, 1.165) is 12.1 Å². The first-order valence-electron chi connectivity index (χ1n) is 6.65. The highest BCUT2D eigenvalue weighted by Crippen LogP contribution is 2.26. The van der Waals surface area contributed by atoms with E-state index in [0.29, 0.717) is 24.1 Å². The van der Waals surface area contributed by atoms with Gasteiger partial charge in [0.1, 0.15) is 5.82 Å². The second-order valence-electron chi connectivity index (χ2n) is 4.92. The molecule has 0 saturated heterocycles. The molecule has 0 radical (unpaired) electrons. The van der Waals surface area contributed by atoms with Crippen molar-refractivity contribution in [2.24, 2.45) is 5.10 Å². The van der Waals surface area contributed by atoms with Crippen LogP contribution < -0.4 is 5.43 Å². The lowest BCUT2D eigenvalue weighted by atomic mass is 9.99.